The van der Waals surface area contributed by atoms with Gasteiger partial charge in [0.1, 0.15) is 12.1 Å². The maximum absolute atomic E-state index is 13.7. The number of methoxy groups -OCH3 is 2. The number of nitrogens with zero attached hydrogens (tertiary/aromatic N) is 3. The van der Waals surface area contributed by atoms with E-state index in [0.717, 1.165) is 11.3 Å². The number of hydrogen-bond donors (Lipinski definition) is 1. The number of piperidine rings is 1. The zero-order valence-electron chi connectivity index (χ0n) is 21.9. The second-order valence-electron chi connectivity index (χ2n) is 9.46. The van der Waals surface area contributed by atoms with Crippen LogP contribution in [0.15, 0.2) is 48.5 Å². The predicted octanol–water partition coefficient (Wildman–Crippen LogP) is 2.44. The molecule has 2 aliphatic rings. The summed E-state index contributed by atoms with van der Waals surface area (Å²) < 4.78 is 10.6. The van der Waals surface area contributed by atoms with Gasteiger partial charge in [-0.25, -0.2) is 0 Å². The van der Waals surface area contributed by atoms with Gasteiger partial charge in [0.25, 0.3) is 5.91 Å². The lowest BCUT2D eigenvalue weighted by atomic mass is 9.85. The van der Waals surface area contributed by atoms with E-state index >= 15 is 0 Å². The van der Waals surface area contributed by atoms with Crippen molar-refractivity contribution in [3.05, 3.63) is 54.1 Å². The SMILES string of the molecule is CCC(=O)N1CCC2(CC1)C(=O)N(CC(=O)NCCc1ccc(OC)c(OC)c1)CN2c1ccccc1. The topological polar surface area (TPSA) is 91.4 Å². The molecule has 2 aromatic carbocycles. The van der Waals surface area contributed by atoms with E-state index in [1.807, 2.05) is 60.4 Å². The monoisotopic (exact) mass is 508 g/mol. The number of carbonyl (C=O) groups excluding carboxylic acids is 3. The summed E-state index contributed by atoms with van der Waals surface area (Å²) >= 11 is 0. The fourth-order valence-corrected chi connectivity index (χ4v) is 5.28. The van der Waals surface area contributed by atoms with Crippen LogP contribution in [-0.2, 0) is 20.8 Å². The summed E-state index contributed by atoms with van der Waals surface area (Å²) in [6, 6.07) is 15.5. The molecule has 2 heterocycles. The van der Waals surface area contributed by atoms with E-state index in [2.05, 4.69) is 10.2 Å². The summed E-state index contributed by atoms with van der Waals surface area (Å²) in [5, 5.41) is 2.94. The van der Waals surface area contributed by atoms with Crippen molar-refractivity contribution in [3.63, 3.8) is 0 Å². The minimum atomic E-state index is -0.744. The minimum Gasteiger partial charge on any atom is -0.493 e. The van der Waals surface area contributed by atoms with Gasteiger partial charge in [-0.2, -0.15) is 0 Å². The largest absolute Gasteiger partial charge is 0.493 e. The average molecular weight is 509 g/mol. The molecule has 198 valence electrons. The van der Waals surface area contributed by atoms with E-state index in [0.29, 0.717) is 63.5 Å². The van der Waals surface area contributed by atoms with Crippen LogP contribution >= 0.6 is 0 Å². The average Bonchev–Trinajstić information content (AvgIpc) is 3.19. The molecule has 1 N–H and O–H groups in total. The van der Waals surface area contributed by atoms with Gasteiger partial charge < -0.3 is 29.5 Å². The van der Waals surface area contributed by atoms with Crippen LogP contribution in [0, 0.1) is 0 Å². The molecule has 0 aliphatic carbocycles. The van der Waals surface area contributed by atoms with Crippen LogP contribution in [0.2, 0.25) is 0 Å². The van der Waals surface area contributed by atoms with Crippen molar-refractivity contribution in [2.24, 2.45) is 0 Å². The highest BCUT2D eigenvalue weighted by Gasteiger charge is 2.54. The minimum absolute atomic E-state index is 0.00649. The number of para-hydroxylation sites is 1. The fourth-order valence-electron chi connectivity index (χ4n) is 5.28. The molecule has 0 aromatic heterocycles. The summed E-state index contributed by atoms with van der Waals surface area (Å²) in [5.74, 6) is 1.17. The summed E-state index contributed by atoms with van der Waals surface area (Å²) in [6.45, 7) is 3.70. The van der Waals surface area contributed by atoms with Crippen LogP contribution in [0.5, 0.6) is 11.5 Å². The van der Waals surface area contributed by atoms with Gasteiger partial charge >= 0.3 is 0 Å². The van der Waals surface area contributed by atoms with E-state index in [1.165, 1.54) is 0 Å². The van der Waals surface area contributed by atoms with Crippen LogP contribution < -0.4 is 19.7 Å². The highest BCUT2D eigenvalue weighted by atomic mass is 16.5. The third-order valence-electron chi connectivity index (χ3n) is 7.35. The predicted molar refractivity (Wildman–Crippen MR) is 141 cm³/mol. The third-order valence-corrected chi connectivity index (χ3v) is 7.35. The van der Waals surface area contributed by atoms with Gasteiger partial charge in [-0.3, -0.25) is 14.4 Å². The molecule has 2 fully saturated rings. The molecule has 9 nitrogen and oxygen atoms in total. The molecule has 3 amide bonds. The quantitative estimate of drug-likeness (QED) is 0.560. The second kappa shape index (κ2) is 11.5. The van der Waals surface area contributed by atoms with Gasteiger partial charge in [0, 0.05) is 31.7 Å². The van der Waals surface area contributed by atoms with Gasteiger partial charge in [0.15, 0.2) is 11.5 Å². The van der Waals surface area contributed by atoms with Crippen LogP contribution in [-0.4, -0.2) is 80.1 Å². The molecule has 2 saturated heterocycles. The molecule has 4 rings (SSSR count). The zero-order valence-corrected chi connectivity index (χ0v) is 21.9. The number of likely N-dealkylation sites (tertiary alicyclic amines) is 1. The maximum atomic E-state index is 13.7. The molecular weight excluding hydrogens is 472 g/mol. The second-order valence-corrected chi connectivity index (χ2v) is 9.46. The Labute approximate surface area is 218 Å². The highest BCUT2D eigenvalue weighted by molar-refractivity contribution is 5.96. The Morgan fingerprint density at radius 1 is 1.00 bits per heavy atom. The lowest BCUT2D eigenvalue weighted by molar-refractivity contribution is -0.139. The van der Waals surface area contributed by atoms with Gasteiger partial charge in [0.2, 0.25) is 11.8 Å². The molecule has 2 aliphatic heterocycles. The lowest BCUT2D eigenvalue weighted by Crippen LogP contribution is -2.57. The van der Waals surface area contributed by atoms with Gasteiger partial charge in [0.05, 0.1) is 20.9 Å². The molecule has 0 unspecified atom stereocenters. The Morgan fingerprint density at radius 2 is 1.70 bits per heavy atom. The number of rotatable bonds is 9. The van der Waals surface area contributed by atoms with Gasteiger partial charge in [-0.15, -0.1) is 0 Å². The summed E-state index contributed by atoms with van der Waals surface area (Å²) in [4.78, 5) is 44.4. The smallest absolute Gasteiger partial charge is 0.250 e. The first-order chi connectivity index (χ1) is 17.9. The zero-order chi connectivity index (χ0) is 26.4. The number of amides is 3. The van der Waals surface area contributed by atoms with Crippen molar-refractivity contribution in [1.29, 1.82) is 0 Å². The molecule has 0 atom stereocenters. The van der Waals surface area contributed by atoms with Crippen LogP contribution in [0.4, 0.5) is 5.69 Å². The molecule has 2 aromatic rings. The van der Waals surface area contributed by atoms with Crippen molar-refractivity contribution in [3.8, 4) is 11.5 Å². The molecule has 0 saturated carbocycles. The Hall–Kier alpha value is -3.75. The molecular formula is C28H36N4O5. The van der Waals surface area contributed by atoms with Gasteiger partial charge in [-0.1, -0.05) is 31.2 Å². The van der Waals surface area contributed by atoms with Crippen molar-refractivity contribution in [1.82, 2.24) is 15.1 Å². The summed E-state index contributed by atoms with van der Waals surface area (Å²) in [6.07, 6.45) is 2.17. The number of hydrogen-bond acceptors (Lipinski definition) is 6. The summed E-state index contributed by atoms with van der Waals surface area (Å²) in [5.41, 5.74) is 1.21. The normalized spacial score (nSPS) is 16.7. The first-order valence-corrected chi connectivity index (χ1v) is 12.8. The van der Waals surface area contributed by atoms with Crippen molar-refractivity contribution in [2.45, 2.75) is 38.1 Å². The Balaban J connectivity index is 1.40. The Kier molecular flexibility index (Phi) is 8.21. The summed E-state index contributed by atoms with van der Waals surface area (Å²) in [7, 11) is 3.18. The molecule has 1 spiro atoms. The Bertz CT molecular complexity index is 1110. The van der Waals surface area contributed by atoms with E-state index < -0.39 is 5.54 Å². The third kappa shape index (κ3) is 5.50. The fraction of sp³-hybridized carbons (Fsp3) is 0.464. The van der Waals surface area contributed by atoms with Crippen LogP contribution in [0.25, 0.3) is 0 Å². The van der Waals surface area contributed by atoms with Gasteiger partial charge in [-0.05, 0) is 49.1 Å². The maximum Gasteiger partial charge on any atom is 0.250 e. The highest BCUT2D eigenvalue weighted by Crippen LogP contribution is 2.39. The number of ether oxygens (including phenoxy) is 2. The number of nitrogens with one attached hydrogen (secondary N) is 1. The van der Waals surface area contributed by atoms with Crippen molar-refractivity contribution >= 4 is 23.4 Å². The molecule has 0 radical (unpaired) electrons. The number of anilines is 1. The van der Waals surface area contributed by atoms with Crippen molar-refractivity contribution < 1.29 is 23.9 Å². The standard InChI is InChI=1S/C28H36N4O5/c1-4-26(34)30-16-13-28(14-17-30)27(35)31(20-32(28)22-8-6-5-7-9-22)19-25(33)29-15-12-21-10-11-23(36-2)24(18-21)37-3/h5-11,18H,4,12-17,19-20H2,1-3H3,(H,29,33). The van der Waals surface area contributed by atoms with E-state index in [9.17, 15) is 14.4 Å². The van der Waals surface area contributed by atoms with E-state index in [1.54, 1.807) is 19.1 Å². The molecule has 37 heavy (non-hydrogen) atoms. The first kappa shape index (κ1) is 26.3. The molecule has 0 bridgehead atoms. The molecule has 9 heteroatoms. The number of benzene rings is 2. The van der Waals surface area contributed by atoms with Crippen molar-refractivity contribution in [2.75, 3.05) is 52.0 Å². The Morgan fingerprint density at radius 3 is 2.35 bits per heavy atom. The lowest BCUT2D eigenvalue weighted by Gasteiger charge is -2.43. The van der Waals surface area contributed by atoms with Crippen LogP contribution in [0.1, 0.15) is 31.7 Å². The van der Waals surface area contributed by atoms with Crippen LogP contribution in [0.3, 0.4) is 0 Å². The number of carbonyl (C=O) groups is 3. The van der Waals surface area contributed by atoms with E-state index in [-0.39, 0.29) is 24.3 Å². The van der Waals surface area contributed by atoms with E-state index in [4.69, 9.17) is 9.47 Å². The first-order valence-electron chi connectivity index (χ1n) is 12.8.